The van der Waals surface area contributed by atoms with Crippen molar-refractivity contribution in [1.82, 2.24) is 0 Å². The summed E-state index contributed by atoms with van der Waals surface area (Å²) in [6, 6.07) is 0. The second kappa shape index (κ2) is 5.75. The van der Waals surface area contributed by atoms with Gasteiger partial charge in [-0.3, -0.25) is 4.79 Å². The van der Waals surface area contributed by atoms with Crippen LogP contribution >= 0.6 is 0 Å². The minimum Gasteiger partial charge on any atom is -0.460 e. The molecule has 3 fully saturated rings. The summed E-state index contributed by atoms with van der Waals surface area (Å²) < 4.78 is 11.1. The number of carbonyl (C=O) groups excluding carboxylic acids is 2. The quantitative estimate of drug-likeness (QED) is 0.438. The molecule has 3 rings (SSSR count). The Hall–Kier alpha value is -1.58. The predicted octanol–water partition coefficient (Wildman–Crippen LogP) is 3.81. The highest BCUT2D eigenvalue weighted by atomic mass is 16.5. The summed E-state index contributed by atoms with van der Waals surface area (Å²) in [7, 11) is 0. The van der Waals surface area contributed by atoms with Crippen LogP contribution in [-0.2, 0) is 19.1 Å². The number of hydrogen-bond donors (Lipinski definition) is 0. The minimum atomic E-state index is -0.508. The second-order valence-corrected chi connectivity index (χ2v) is 8.13. The van der Waals surface area contributed by atoms with Crippen LogP contribution in [0.3, 0.4) is 0 Å². The zero-order valence-electron chi connectivity index (χ0n) is 15.2. The van der Waals surface area contributed by atoms with Crippen molar-refractivity contribution in [3.8, 4) is 0 Å². The van der Waals surface area contributed by atoms with Gasteiger partial charge >= 0.3 is 11.9 Å². The monoisotopic (exact) mass is 332 g/mol. The average Bonchev–Trinajstić information content (AvgIpc) is 3.02. The smallest absolute Gasteiger partial charge is 0.333 e. The molecule has 0 radical (unpaired) electrons. The fourth-order valence-corrected chi connectivity index (χ4v) is 5.03. The highest BCUT2D eigenvalue weighted by molar-refractivity contribution is 5.87. The SMILES string of the molecule is C=C1COC(=O)[C@]12C[C@@H]1CC[C@H](OC(=O)/C(C)=C/C)[C@@H](C)[C@]1(C)C2. The molecule has 1 aliphatic heterocycles. The lowest BCUT2D eigenvalue weighted by Crippen LogP contribution is -2.44. The molecule has 1 heterocycles. The maximum absolute atomic E-state index is 12.4. The lowest BCUT2D eigenvalue weighted by atomic mass is 9.62. The van der Waals surface area contributed by atoms with Gasteiger partial charge in [0, 0.05) is 5.57 Å². The van der Waals surface area contributed by atoms with Crippen LogP contribution in [0.4, 0.5) is 0 Å². The van der Waals surface area contributed by atoms with Crippen LogP contribution in [0.25, 0.3) is 0 Å². The largest absolute Gasteiger partial charge is 0.460 e. The van der Waals surface area contributed by atoms with E-state index in [0.29, 0.717) is 18.1 Å². The van der Waals surface area contributed by atoms with Crippen molar-refractivity contribution in [3.63, 3.8) is 0 Å². The van der Waals surface area contributed by atoms with Gasteiger partial charge in [0.15, 0.2) is 0 Å². The summed E-state index contributed by atoms with van der Waals surface area (Å²) in [5, 5.41) is 0. The first kappa shape index (κ1) is 17.2. The van der Waals surface area contributed by atoms with Crippen LogP contribution in [0.15, 0.2) is 23.8 Å². The highest BCUT2D eigenvalue weighted by Gasteiger charge is 2.63. The molecule has 2 saturated carbocycles. The third-order valence-corrected chi connectivity index (χ3v) is 7.07. The van der Waals surface area contributed by atoms with Gasteiger partial charge in [-0.1, -0.05) is 26.5 Å². The molecule has 1 saturated heterocycles. The summed E-state index contributed by atoms with van der Waals surface area (Å²) >= 11 is 0. The number of ether oxygens (including phenoxy) is 2. The van der Waals surface area contributed by atoms with Crippen molar-refractivity contribution in [1.29, 1.82) is 0 Å². The molecule has 0 aromatic heterocycles. The Morgan fingerprint density at radius 2 is 2.12 bits per heavy atom. The standard InChI is InChI=1S/C20H28O4/c1-6-12(2)17(21)24-16-8-7-15-9-20(11-19(15,5)14(16)4)13(3)10-23-18(20)22/h6,14-16H,3,7-11H2,1-2,4-5H3/b12-6+/t14-,15+,16+,19+,20+/m1/s1. The Kier molecular flexibility index (Phi) is 4.13. The lowest BCUT2D eigenvalue weighted by molar-refractivity contribution is -0.155. The maximum Gasteiger partial charge on any atom is 0.333 e. The van der Waals surface area contributed by atoms with Crippen LogP contribution in [0.1, 0.15) is 53.4 Å². The van der Waals surface area contributed by atoms with Crippen molar-refractivity contribution in [2.24, 2.45) is 22.7 Å². The first-order valence-electron chi connectivity index (χ1n) is 8.94. The van der Waals surface area contributed by atoms with Gasteiger partial charge in [0.1, 0.15) is 12.7 Å². The molecule has 4 nitrogen and oxygen atoms in total. The summed E-state index contributed by atoms with van der Waals surface area (Å²) in [6.45, 7) is 12.5. The molecule has 0 unspecified atom stereocenters. The van der Waals surface area contributed by atoms with E-state index in [1.165, 1.54) is 0 Å². The molecule has 24 heavy (non-hydrogen) atoms. The average molecular weight is 332 g/mol. The van der Waals surface area contributed by atoms with Gasteiger partial charge in [-0.2, -0.15) is 0 Å². The van der Waals surface area contributed by atoms with Crippen molar-refractivity contribution in [2.75, 3.05) is 6.61 Å². The van der Waals surface area contributed by atoms with Gasteiger partial charge in [0.05, 0.1) is 5.41 Å². The van der Waals surface area contributed by atoms with Crippen LogP contribution in [0.2, 0.25) is 0 Å². The molecule has 3 aliphatic rings. The van der Waals surface area contributed by atoms with Crippen LogP contribution in [0, 0.1) is 22.7 Å². The third kappa shape index (κ3) is 2.34. The molecule has 0 N–H and O–H groups in total. The number of hydrogen-bond acceptors (Lipinski definition) is 4. The molecular formula is C20H28O4. The van der Waals surface area contributed by atoms with E-state index >= 15 is 0 Å². The lowest BCUT2D eigenvalue weighted by Gasteiger charge is -2.46. The number of allylic oxidation sites excluding steroid dienone is 1. The Balaban J connectivity index is 1.82. The molecule has 0 bridgehead atoms. The van der Waals surface area contributed by atoms with Crippen LogP contribution < -0.4 is 0 Å². The summed E-state index contributed by atoms with van der Waals surface area (Å²) in [4.78, 5) is 24.6. The van der Waals surface area contributed by atoms with Crippen molar-refractivity contribution in [2.45, 2.75) is 59.5 Å². The highest BCUT2D eigenvalue weighted by Crippen LogP contribution is 2.65. The number of fused-ring (bicyclic) bond motifs is 1. The van der Waals surface area contributed by atoms with Gasteiger partial charge in [-0.05, 0) is 62.4 Å². The Morgan fingerprint density at radius 1 is 1.42 bits per heavy atom. The zero-order chi connectivity index (χ0) is 17.7. The van der Waals surface area contributed by atoms with E-state index in [1.54, 1.807) is 13.0 Å². The minimum absolute atomic E-state index is 0.0284. The fourth-order valence-electron chi connectivity index (χ4n) is 5.03. The number of rotatable bonds is 2. The molecule has 0 amide bonds. The Bertz CT molecular complexity index is 601. The summed E-state index contributed by atoms with van der Waals surface area (Å²) in [5.74, 6) is 0.334. The number of esters is 2. The van der Waals surface area contributed by atoms with Gasteiger partial charge in [0.25, 0.3) is 0 Å². The van der Waals surface area contributed by atoms with Crippen molar-refractivity contribution >= 4 is 11.9 Å². The van der Waals surface area contributed by atoms with E-state index in [9.17, 15) is 9.59 Å². The van der Waals surface area contributed by atoms with Crippen LogP contribution in [0.5, 0.6) is 0 Å². The summed E-state index contributed by atoms with van der Waals surface area (Å²) in [5.41, 5.74) is 1.03. The van der Waals surface area contributed by atoms with E-state index in [4.69, 9.17) is 9.47 Å². The van der Waals surface area contributed by atoms with Gasteiger partial charge in [0.2, 0.25) is 0 Å². The Labute approximate surface area is 144 Å². The van der Waals surface area contributed by atoms with Crippen LogP contribution in [-0.4, -0.2) is 24.6 Å². The topological polar surface area (TPSA) is 52.6 Å². The molecule has 2 aliphatic carbocycles. The molecule has 132 valence electrons. The van der Waals surface area contributed by atoms with Gasteiger partial charge in [-0.25, -0.2) is 4.79 Å². The molecular weight excluding hydrogens is 304 g/mol. The second-order valence-electron chi connectivity index (χ2n) is 8.13. The first-order valence-corrected chi connectivity index (χ1v) is 8.94. The maximum atomic E-state index is 12.4. The van der Waals surface area contributed by atoms with Crippen molar-refractivity contribution in [3.05, 3.63) is 23.8 Å². The van der Waals surface area contributed by atoms with E-state index in [0.717, 1.165) is 31.3 Å². The van der Waals surface area contributed by atoms with Gasteiger partial charge < -0.3 is 9.47 Å². The molecule has 5 atom stereocenters. The van der Waals surface area contributed by atoms with Crippen molar-refractivity contribution < 1.29 is 19.1 Å². The number of carbonyl (C=O) groups is 2. The van der Waals surface area contributed by atoms with E-state index in [-0.39, 0.29) is 29.4 Å². The van der Waals surface area contributed by atoms with Gasteiger partial charge in [-0.15, -0.1) is 0 Å². The van der Waals surface area contributed by atoms with E-state index in [2.05, 4.69) is 20.4 Å². The molecule has 0 aromatic rings. The first-order chi connectivity index (χ1) is 11.2. The predicted molar refractivity (Wildman–Crippen MR) is 91.1 cm³/mol. The normalized spacial score (nSPS) is 42.2. The molecule has 1 spiro atoms. The van der Waals surface area contributed by atoms with E-state index in [1.807, 2.05) is 6.92 Å². The molecule has 4 heteroatoms. The summed E-state index contributed by atoms with van der Waals surface area (Å²) in [6.07, 6.45) is 5.14. The fraction of sp³-hybridized carbons (Fsp3) is 0.700. The number of cyclic esters (lactones) is 1. The third-order valence-electron chi connectivity index (χ3n) is 7.07. The van der Waals surface area contributed by atoms with E-state index < -0.39 is 5.41 Å². The molecule has 0 aromatic carbocycles. The zero-order valence-corrected chi connectivity index (χ0v) is 15.2. The Morgan fingerprint density at radius 3 is 2.71 bits per heavy atom.